The lowest BCUT2D eigenvalue weighted by atomic mass is 10.0. The van der Waals surface area contributed by atoms with Gasteiger partial charge in [0.15, 0.2) is 0 Å². The van der Waals surface area contributed by atoms with Gasteiger partial charge < -0.3 is 19.5 Å². The third-order valence-electron chi connectivity index (χ3n) is 6.50. The number of nitrogens with one attached hydrogen (secondary N) is 3. The molecule has 0 spiro atoms. The molecule has 0 aromatic heterocycles. The number of carbonyl (C=O) groups excluding carboxylic acids is 4. The zero-order valence-electron chi connectivity index (χ0n) is 26.1. The Kier molecular flexibility index (Phi) is 12.6. The van der Waals surface area contributed by atoms with Crippen molar-refractivity contribution in [2.24, 2.45) is 10.9 Å². The zero-order chi connectivity index (χ0) is 33.4. The average Bonchev–Trinajstić information content (AvgIpc) is 3.08. The van der Waals surface area contributed by atoms with Gasteiger partial charge in [0, 0.05) is 5.56 Å². The molecule has 4 aromatic rings. The number of ether oxygens (including phenoxy) is 3. The van der Waals surface area contributed by atoms with E-state index in [9.17, 15) is 19.2 Å². The van der Waals surface area contributed by atoms with Gasteiger partial charge in [0.1, 0.15) is 25.0 Å². The van der Waals surface area contributed by atoms with Crippen molar-refractivity contribution in [3.05, 3.63) is 132 Å². The van der Waals surface area contributed by atoms with Crippen molar-refractivity contribution in [2.75, 3.05) is 0 Å². The number of nitrogens with zero attached hydrogens (tertiary/aromatic N) is 1. The molecule has 0 aliphatic heterocycles. The Morgan fingerprint density at radius 1 is 0.660 bits per heavy atom. The first-order valence-corrected chi connectivity index (χ1v) is 15.0. The van der Waals surface area contributed by atoms with Crippen LogP contribution in [0.2, 0.25) is 0 Å². The number of carbonyl (C=O) groups is 4. The van der Waals surface area contributed by atoms with Gasteiger partial charge in [-0.05, 0) is 59.9 Å². The van der Waals surface area contributed by atoms with Crippen molar-refractivity contribution in [3.8, 4) is 5.75 Å². The Balaban J connectivity index is 1.42. The van der Waals surface area contributed by atoms with Gasteiger partial charge in [-0.3, -0.25) is 15.4 Å². The van der Waals surface area contributed by atoms with Crippen molar-refractivity contribution in [1.82, 2.24) is 16.0 Å². The van der Waals surface area contributed by atoms with Crippen LogP contribution in [-0.2, 0) is 27.5 Å². The van der Waals surface area contributed by atoms with Gasteiger partial charge in [0.05, 0.1) is 5.69 Å². The topological polar surface area (TPSA) is 144 Å². The van der Waals surface area contributed by atoms with E-state index in [1.165, 1.54) is 24.3 Å². The molecule has 1 atom stereocenters. The molecule has 0 fully saturated rings. The Morgan fingerprint density at radius 2 is 1.15 bits per heavy atom. The van der Waals surface area contributed by atoms with E-state index in [0.29, 0.717) is 17.7 Å². The second kappa shape index (κ2) is 17.5. The molecule has 4 aromatic carbocycles. The number of alkyl carbamates (subject to hydrolysis) is 2. The number of hydrogen-bond donors (Lipinski definition) is 3. The molecule has 242 valence electrons. The Bertz CT molecular complexity index is 1590. The summed E-state index contributed by atoms with van der Waals surface area (Å²) in [4.78, 5) is 55.2. The van der Waals surface area contributed by atoms with Crippen molar-refractivity contribution >= 4 is 35.7 Å². The van der Waals surface area contributed by atoms with Crippen LogP contribution in [0.1, 0.15) is 41.8 Å². The van der Waals surface area contributed by atoms with Crippen LogP contribution in [0.25, 0.3) is 0 Å². The van der Waals surface area contributed by atoms with Crippen LogP contribution in [0.15, 0.2) is 120 Å². The first-order chi connectivity index (χ1) is 22.7. The SMILES string of the molecule is CC(C)C[C@H](NC(=O)c1ccccc1)C(=O)Oc1ccc(N=C(NC(=O)OCc2ccccc2)NC(=O)OCc2ccccc2)cc1. The van der Waals surface area contributed by atoms with Gasteiger partial charge >= 0.3 is 18.2 Å². The summed E-state index contributed by atoms with van der Waals surface area (Å²) in [6, 6.07) is 32.0. The van der Waals surface area contributed by atoms with E-state index in [0.717, 1.165) is 11.1 Å². The number of aliphatic imine (C=N–C) groups is 1. The summed E-state index contributed by atoms with van der Waals surface area (Å²) >= 11 is 0. The molecule has 47 heavy (non-hydrogen) atoms. The maximum Gasteiger partial charge on any atom is 0.414 e. The fourth-order valence-corrected chi connectivity index (χ4v) is 4.22. The highest BCUT2D eigenvalue weighted by atomic mass is 16.6. The number of guanidine groups is 1. The van der Waals surface area contributed by atoms with Gasteiger partial charge in [0.25, 0.3) is 5.91 Å². The number of benzene rings is 4. The molecule has 0 heterocycles. The predicted molar refractivity (Wildman–Crippen MR) is 176 cm³/mol. The molecule has 0 unspecified atom stereocenters. The number of rotatable bonds is 11. The molecule has 0 radical (unpaired) electrons. The van der Waals surface area contributed by atoms with Gasteiger partial charge in [0.2, 0.25) is 5.96 Å². The van der Waals surface area contributed by atoms with Gasteiger partial charge in [-0.2, -0.15) is 0 Å². The Morgan fingerprint density at radius 3 is 1.64 bits per heavy atom. The van der Waals surface area contributed by atoms with E-state index in [-0.39, 0.29) is 36.7 Å². The van der Waals surface area contributed by atoms with Crippen molar-refractivity contribution in [1.29, 1.82) is 0 Å². The van der Waals surface area contributed by atoms with Crippen LogP contribution in [0.4, 0.5) is 15.3 Å². The predicted octanol–water partition coefficient (Wildman–Crippen LogP) is 6.28. The molecule has 0 saturated heterocycles. The lowest BCUT2D eigenvalue weighted by molar-refractivity contribution is -0.137. The van der Waals surface area contributed by atoms with E-state index in [4.69, 9.17) is 14.2 Å². The lowest BCUT2D eigenvalue weighted by Crippen LogP contribution is -2.44. The van der Waals surface area contributed by atoms with E-state index in [2.05, 4.69) is 20.9 Å². The van der Waals surface area contributed by atoms with Crippen LogP contribution in [0.3, 0.4) is 0 Å². The summed E-state index contributed by atoms with van der Waals surface area (Å²) in [5.41, 5.74) is 2.29. The minimum absolute atomic E-state index is 0.00206. The summed E-state index contributed by atoms with van der Waals surface area (Å²) < 4.78 is 16.1. The van der Waals surface area contributed by atoms with Gasteiger partial charge in [-0.15, -0.1) is 0 Å². The summed E-state index contributed by atoms with van der Waals surface area (Å²) in [5.74, 6) is -0.923. The van der Waals surface area contributed by atoms with E-state index in [1.807, 2.05) is 50.2 Å². The molecular formula is C36H36N4O7. The Hall–Kier alpha value is -5.97. The lowest BCUT2D eigenvalue weighted by Gasteiger charge is -2.19. The normalized spacial score (nSPS) is 11.0. The molecule has 0 bridgehead atoms. The number of esters is 1. The third-order valence-corrected chi connectivity index (χ3v) is 6.50. The number of hydrogen-bond acceptors (Lipinski definition) is 8. The van der Waals surface area contributed by atoms with Crippen LogP contribution in [0, 0.1) is 5.92 Å². The Labute approximate surface area is 273 Å². The fraction of sp³-hybridized carbons (Fsp3) is 0.194. The first-order valence-electron chi connectivity index (χ1n) is 15.0. The summed E-state index contributed by atoms with van der Waals surface area (Å²) in [6.45, 7) is 3.89. The highest BCUT2D eigenvalue weighted by Gasteiger charge is 2.24. The standard InChI is InChI=1S/C36H36N4O7/c1-25(2)22-31(38-32(41)28-16-10-5-11-17-28)33(42)47-30-20-18-29(19-21-30)37-34(39-35(43)45-23-26-12-6-3-7-13-26)40-36(44)46-24-27-14-8-4-9-15-27/h3-21,25,31H,22-24H2,1-2H3,(H,38,41)(H2,37,39,40,43,44)/t31-/m0/s1. The molecular weight excluding hydrogens is 600 g/mol. The van der Waals surface area contributed by atoms with Crippen LogP contribution >= 0.6 is 0 Å². The van der Waals surface area contributed by atoms with Crippen molar-refractivity contribution in [2.45, 2.75) is 39.5 Å². The zero-order valence-corrected chi connectivity index (χ0v) is 26.1. The smallest absolute Gasteiger partial charge is 0.414 e. The molecule has 0 aliphatic carbocycles. The van der Waals surface area contributed by atoms with Gasteiger partial charge in [-0.25, -0.2) is 19.4 Å². The maximum atomic E-state index is 13.1. The molecule has 3 amide bonds. The summed E-state index contributed by atoms with van der Waals surface area (Å²) in [7, 11) is 0. The van der Waals surface area contributed by atoms with Crippen LogP contribution in [0.5, 0.6) is 5.75 Å². The first kappa shape index (κ1) is 33.9. The van der Waals surface area contributed by atoms with Crippen LogP contribution < -0.4 is 20.7 Å². The molecule has 3 N–H and O–H groups in total. The second-order valence-electron chi connectivity index (χ2n) is 10.8. The summed E-state index contributed by atoms with van der Waals surface area (Å²) in [6.07, 6.45) is -1.33. The van der Waals surface area contributed by atoms with E-state index < -0.39 is 24.2 Å². The largest absolute Gasteiger partial charge is 0.444 e. The molecule has 11 nitrogen and oxygen atoms in total. The average molecular weight is 637 g/mol. The van der Waals surface area contributed by atoms with Crippen molar-refractivity contribution in [3.63, 3.8) is 0 Å². The van der Waals surface area contributed by atoms with Crippen LogP contribution in [-0.4, -0.2) is 36.1 Å². The van der Waals surface area contributed by atoms with E-state index in [1.54, 1.807) is 54.6 Å². The second-order valence-corrected chi connectivity index (χ2v) is 10.8. The highest BCUT2D eigenvalue weighted by molar-refractivity contribution is 6.02. The quantitative estimate of drug-likeness (QED) is 0.0761. The molecule has 11 heteroatoms. The van der Waals surface area contributed by atoms with Crippen molar-refractivity contribution < 1.29 is 33.4 Å². The molecule has 0 saturated carbocycles. The summed E-state index contributed by atoms with van der Waals surface area (Å²) in [5, 5.41) is 7.62. The maximum absolute atomic E-state index is 13.1. The monoisotopic (exact) mass is 636 g/mol. The third kappa shape index (κ3) is 11.8. The molecule has 0 aliphatic rings. The fourth-order valence-electron chi connectivity index (χ4n) is 4.22. The minimum Gasteiger partial charge on any atom is -0.444 e. The number of amides is 3. The van der Waals surface area contributed by atoms with E-state index >= 15 is 0 Å². The van der Waals surface area contributed by atoms with Gasteiger partial charge in [-0.1, -0.05) is 92.7 Å². The molecule has 4 rings (SSSR count). The highest BCUT2D eigenvalue weighted by Crippen LogP contribution is 2.20. The minimum atomic E-state index is -0.871.